The molecule has 1 aliphatic heterocycles. The number of amides is 2. The van der Waals surface area contributed by atoms with Crippen LogP contribution in [0.4, 0.5) is 4.79 Å². The molecule has 6 nitrogen and oxygen atoms in total. The molecular formula is C17H21ClN4O2. The largest absolute Gasteiger partial charge is 0.350 e. The average molecular weight is 349 g/mol. The molecular weight excluding hydrogens is 328 g/mol. The van der Waals surface area contributed by atoms with Crippen LogP contribution in [0.2, 0.25) is 5.02 Å². The molecule has 0 bridgehead atoms. The average Bonchev–Trinajstić information content (AvgIpc) is 2.85. The lowest BCUT2D eigenvalue weighted by Gasteiger charge is -2.29. The van der Waals surface area contributed by atoms with Gasteiger partial charge in [0.15, 0.2) is 0 Å². The van der Waals surface area contributed by atoms with Crippen LogP contribution in [0.1, 0.15) is 38.3 Å². The van der Waals surface area contributed by atoms with Crippen LogP contribution < -0.4 is 5.73 Å². The van der Waals surface area contributed by atoms with Gasteiger partial charge in [0.2, 0.25) is 5.91 Å². The highest BCUT2D eigenvalue weighted by atomic mass is 35.5. The molecule has 1 aromatic heterocycles. The molecule has 3 rings (SSSR count). The second-order valence-electron chi connectivity index (χ2n) is 7.46. The van der Waals surface area contributed by atoms with Crippen molar-refractivity contribution >= 4 is 34.4 Å². The lowest BCUT2D eigenvalue weighted by molar-refractivity contribution is -0.132. The predicted octanol–water partition coefficient (Wildman–Crippen LogP) is 2.94. The maximum absolute atomic E-state index is 12.5. The van der Waals surface area contributed by atoms with E-state index in [-0.39, 0.29) is 11.3 Å². The Morgan fingerprint density at radius 3 is 2.71 bits per heavy atom. The number of primary amides is 1. The quantitative estimate of drug-likeness (QED) is 0.860. The number of aryl methyl sites for hydroxylation is 1. The Bertz CT molecular complexity index is 835. The van der Waals surface area contributed by atoms with Crippen molar-refractivity contribution in [3.05, 3.63) is 28.4 Å². The van der Waals surface area contributed by atoms with Crippen LogP contribution in [0.3, 0.4) is 0 Å². The van der Waals surface area contributed by atoms with E-state index in [9.17, 15) is 9.59 Å². The van der Waals surface area contributed by atoms with Gasteiger partial charge in [-0.25, -0.2) is 4.79 Å². The van der Waals surface area contributed by atoms with E-state index in [0.29, 0.717) is 36.5 Å². The number of nitrogens with zero attached hydrogens (tertiary/aromatic N) is 3. The highest BCUT2D eigenvalue weighted by Gasteiger charge is 2.27. The normalized spacial score (nSPS) is 15.5. The van der Waals surface area contributed by atoms with Crippen molar-refractivity contribution in [2.75, 3.05) is 6.54 Å². The van der Waals surface area contributed by atoms with Crippen LogP contribution in [0.5, 0.6) is 0 Å². The molecule has 24 heavy (non-hydrogen) atoms. The summed E-state index contributed by atoms with van der Waals surface area (Å²) in [6, 6.07) is 1.15. The van der Waals surface area contributed by atoms with Crippen LogP contribution in [0, 0.1) is 5.41 Å². The maximum atomic E-state index is 12.5. The van der Waals surface area contributed by atoms with Gasteiger partial charge in [-0.3, -0.25) is 4.79 Å². The smallest absolute Gasteiger partial charge is 0.340 e. The minimum absolute atomic E-state index is 0.00309. The highest BCUT2D eigenvalue weighted by molar-refractivity contribution is 6.35. The first-order valence-electron chi connectivity index (χ1n) is 7.93. The molecule has 2 amide bonds. The zero-order valence-electron chi connectivity index (χ0n) is 14.1. The monoisotopic (exact) mass is 348 g/mol. The summed E-state index contributed by atoms with van der Waals surface area (Å²) in [5, 5.41) is 5.28. The summed E-state index contributed by atoms with van der Waals surface area (Å²) < 4.78 is 1.11. The van der Waals surface area contributed by atoms with Crippen molar-refractivity contribution in [3.63, 3.8) is 0 Å². The maximum Gasteiger partial charge on any atom is 0.340 e. The summed E-state index contributed by atoms with van der Waals surface area (Å²) in [6.45, 7) is 7.47. The third-order valence-corrected chi connectivity index (χ3v) is 4.48. The van der Waals surface area contributed by atoms with E-state index in [2.05, 4.69) is 25.9 Å². The molecule has 0 spiro atoms. The van der Waals surface area contributed by atoms with Gasteiger partial charge < -0.3 is 10.6 Å². The van der Waals surface area contributed by atoms with Crippen LogP contribution in [-0.4, -0.2) is 33.2 Å². The van der Waals surface area contributed by atoms with E-state index in [1.807, 2.05) is 11.0 Å². The summed E-state index contributed by atoms with van der Waals surface area (Å²) in [7, 11) is 0. The molecule has 7 heteroatoms. The predicted molar refractivity (Wildman–Crippen MR) is 92.9 cm³/mol. The number of benzene rings is 1. The van der Waals surface area contributed by atoms with Gasteiger partial charge in [0.25, 0.3) is 0 Å². The fourth-order valence-electron chi connectivity index (χ4n) is 3.25. The summed E-state index contributed by atoms with van der Waals surface area (Å²) in [4.78, 5) is 25.9. The van der Waals surface area contributed by atoms with Crippen LogP contribution in [0.25, 0.3) is 10.9 Å². The van der Waals surface area contributed by atoms with E-state index in [0.717, 1.165) is 21.2 Å². The molecule has 1 aromatic carbocycles. The second-order valence-corrected chi connectivity index (χ2v) is 7.87. The zero-order chi connectivity index (χ0) is 17.6. The number of hydrogen-bond donors (Lipinski definition) is 1. The zero-order valence-corrected chi connectivity index (χ0v) is 14.9. The molecule has 0 radical (unpaired) electrons. The van der Waals surface area contributed by atoms with Crippen LogP contribution in [0.15, 0.2) is 12.3 Å². The third-order valence-electron chi connectivity index (χ3n) is 4.19. The van der Waals surface area contributed by atoms with Crippen molar-refractivity contribution in [1.29, 1.82) is 0 Å². The molecule has 0 aliphatic carbocycles. The number of nitrogens with two attached hydrogens (primary N) is 1. The first-order valence-corrected chi connectivity index (χ1v) is 8.31. The van der Waals surface area contributed by atoms with Gasteiger partial charge in [-0.15, -0.1) is 0 Å². The van der Waals surface area contributed by atoms with E-state index in [4.69, 9.17) is 17.3 Å². The molecule has 0 saturated carbocycles. The minimum atomic E-state index is -0.678. The van der Waals surface area contributed by atoms with Crippen LogP contribution >= 0.6 is 11.6 Å². The first kappa shape index (κ1) is 16.8. The number of fused-ring (bicyclic) bond motifs is 3. The van der Waals surface area contributed by atoms with E-state index in [1.165, 1.54) is 0 Å². The Morgan fingerprint density at radius 2 is 2.08 bits per heavy atom. The fourth-order valence-corrected chi connectivity index (χ4v) is 3.57. The van der Waals surface area contributed by atoms with Gasteiger partial charge in [0.1, 0.15) is 0 Å². The van der Waals surface area contributed by atoms with Gasteiger partial charge in [0.05, 0.1) is 16.7 Å². The highest BCUT2D eigenvalue weighted by Crippen LogP contribution is 2.33. The first-order chi connectivity index (χ1) is 11.2. The van der Waals surface area contributed by atoms with E-state index < -0.39 is 6.03 Å². The van der Waals surface area contributed by atoms with Gasteiger partial charge in [-0.1, -0.05) is 32.4 Å². The number of rotatable bonds is 1. The molecule has 1 aliphatic rings. The number of halogens is 1. The van der Waals surface area contributed by atoms with Crippen molar-refractivity contribution in [1.82, 2.24) is 14.7 Å². The molecule has 2 heterocycles. The van der Waals surface area contributed by atoms with Crippen molar-refractivity contribution < 1.29 is 9.59 Å². The summed E-state index contributed by atoms with van der Waals surface area (Å²) in [5.41, 5.74) is 7.91. The molecule has 0 atom stereocenters. The van der Waals surface area contributed by atoms with Crippen molar-refractivity contribution in [2.45, 2.75) is 40.2 Å². The van der Waals surface area contributed by atoms with Crippen molar-refractivity contribution in [2.24, 2.45) is 11.1 Å². The SMILES string of the molecule is CC(C)(C)CN1Cc2c(cc(Cl)c3c2cnn3C(N)=O)CCC1=O. The lowest BCUT2D eigenvalue weighted by Crippen LogP contribution is -2.36. The van der Waals surface area contributed by atoms with Gasteiger partial charge >= 0.3 is 6.03 Å². The Labute approximate surface area is 145 Å². The molecule has 128 valence electrons. The fraction of sp³-hybridized carbons (Fsp3) is 0.471. The number of hydrogen-bond acceptors (Lipinski definition) is 3. The van der Waals surface area contributed by atoms with Gasteiger partial charge in [-0.05, 0) is 29.0 Å². The Morgan fingerprint density at radius 1 is 1.38 bits per heavy atom. The standard InChI is InChI=1S/C17H21ClN4O2/c1-17(2,3)9-21-8-12-10(4-5-14(21)23)6-13(18)15-11(12)7-20-22(15)16(19)24/h6-7H,4-5,8-9H2,1-3H3,(H2,19,24). The summed E-state index contributed by atoms with van der Waals surface area (Å²) in [5.74, 6) is 0.132. The van der Waals surface area contributed by atoms with Gasteiger partial charge in [-0.2, -0.15) is 9.78 Å². The third kappa shape index (κ3) is 2.98. The number of carbonyl (C=O) groups excluding carboxylic acids is 2. The Kier molecular flexibility index (Phi) is 4.03. The molecule has 0 saturated heterocycles. The molecule has 0 fully saturated rings. The van der Waals surface area contributed by atoms with Crippen molar-refractivity contribution in [3.8, 4) is 0 Å². The Hall–Kier alpha value is -2.08. The van der Waals surface area contributed by atoms with Gasteiger partial charge in [0, 0.05) is 24.9 Å². The molecule has 0 unspecified atom stereocenters. The number of carbonyl (C=O) groups is 2. The van der Waals surface area contributed by atoms with E-state index in [1.54, 1.807) is 6.20 Å². The molecule has 2 aromatic rings. The summed E-state index contributed by atoms with van der Waals surface area (Å²) in [6.07, 6.45) is 2.69. The molecule has 2 N–H and O–H groups in total. The topological polar surface area (TPSA) is 81.2 Å². The number of aromatic nitrogens is 2. The summed E-state index contributed by atoms with van der Waals surface area (Å²) >= 11 is 6.35. The minimum Gasteiger partial charge on any atom is -0.350 e. The Balaban J connectivity index is 2.14. The lowest BCUT2D eigenvalue weighted by atomic mass is 9.95. The van der Waals surface area contributed by atoms with Crippen LogP contribution in [-0.2, 0) is 17.8 Å². The van der Waals surface area contributed by atoms with E-state index >= 15 is 0 Å². The second kappa shape index (κ2) is 5.77.